The van der Waals surface area contributed by atoms with Crippen LogP contribution in [0.15, 0.2) is 36.5 Å². The maximum atomic E-state index is 11.5. The fourth-order valence-corrected chi connectivity index (χ4v) is 1.53. The van der Waals surface area contributed by atoms with Crippen molar-refractivity contribution in [1.29, 1.82) is 0 Å². The second kappa shape index (κ2) is 4.61. The van der Waals surface area contributed by atoms with Gasteiger partial charge in [-0.2, -0.15) is 5.10 Å². The standard InChI is InChI=1S/C12H12N4O/c1-14-12(17)11-10(13)9(7-15-16-11)8-5-3-2-4-6-8/h2-7H,1H3,(H2,13,15)(H,14,17). The number of carbonyl (C=O) groups excluding carboxylic acids is 1. The molecule has 0 aliphatic rings. The SMILES string of the molecule is CNC(=O)c1nncc(-c2ccccc2)c1N. The van der Waals surface area contributed by atoms with E-state index in [1.807, 2.05) is 30.3 Å². The molecule has 0 fully saturated rings. The molecular formula is C12H12N4O. The minimum Gasteiger partial charge on any atom is -0.396 e. The third-order valence-electron chi connectivity index (χ3n) is 2.42. The maximum absolute atomic E-state index is 11.5. The van der Waals surface area contributed by atoms with Crippen LogP contribution in [-0.4, -0.2) is 23.2 Å². The summed E-state index contributed by atoms with van der Waals surface area (Å²) in [7, 11) is 1.53. The highest BCUT2D eigenvalue weighted by molar-refractivity contribution is 6.00. The molecule has 1 aromatic heterocycles. The molecule has 0 bridgehead atoms. The van der Waals surface area contributed by atoms with Gasteiger partial charge in [0.2, 0.25) is 0 Å². The number of hydrogen-bond donors (Lipinski definition) is 2. The minimum atomic E-state index is -0.340. The number of hydrogen-bond acceptors (Lipinski definition) is 4. The predicted molar refractivity (Wildman–Crippen MR) is 65.3 cm³/mol. The first-order chi connectivity index (χ1) is 8.24. The molecule has 1 amide bonds. The average Bonchev–Trinajstić information content (AvgIpc) is 2.39. The highest BCUT2D eigenvalue weighted by Crippen LogP contribution is 2.25. The van der Waals surface area contributed by atoms with Gasteiger partial charge in [0.15, 0.2) is 5.69 Å². The zero-order valence-corrected chi connectivity index (χ0v) is 9.34. The van der Waals surface area contributed by atoms with Gasteiger partial charge in [-0.25, -0.2) is 0 Å². The number of nitrogens with two attached hydrogens (primary N) is 1. The van der Waals surface area contributed by atoms with E-state index < -0.39 is 0 Å². The van der Waals surface area contributed by atoms with Crippen molar-refractivity contribution >= 4 is 11.6 Å². The Bertz CT molecular complexity index is 539. The molecule has 5 heteroatoms. The van der Waals surface area contributed by atoms with Gasteiger partial charge >= 0.3 is 0 Å². The van der Waals surface area contributed by atoms with Crippen molar-refractivity contribution in [3.63, 3.8) is 0 Å². The Kier molecular flexibility index (Phi) is 3.00. The van der Waals surface area contributed by atoms with Gasteiger partial charge in [-0.05, 0) is 5.56 Å². The molecule has 2 aromatic rings. The van der Waals surface area contributed by atoms with Crippen molar-refractivity contribution in [1.82, 2.24) is 15.5 Å². The number of benzene rings is 1. The van der Waals surface area contributed by atoms with Crippen molar-refractivity contribution in [2.45, 2.75) is 0 Å². The van der Waals surface area contributed by atoms with Crippen LogP contribution in [0, 0.1) is 0 Å². The molecule has 0 aliphatic heterocycles. The van der Waals surface area contributed by atoms with E-state index in [2.05, 4.69) is 15.5 Å². The Morgan fingerprint density at radius 2 is 2.00 bits per heavy atom. The molecule has 0 saturated heterocycles. The smallest absolute Gasteiger partial charge is 0.273 e. The van der Waals surface area contributed by atoms with E-state index in [9.17, 15) is 4.79 Å². The van der Waals surface area contributed by atoms with Crippen molar-refractivity contribution in [2.24, 2.45) is 0 Å². The van der Waals surface area contributed by atoms with E-state index in [0.29, 0.717) is 11.3 Å². The third kappa shape index (κ3) is 2.08. The van der Waals surface area contributed by atoms with Gasteiger partial charge < -0.3 is 11.1 Å². The minimum absolute atomic E-state index is 0.147. The number of amides is 1. The lowest BCUT2D eigenvalue weighted by Gasteiger charge is -2.07. The van der Waals surface area contributed by atoms with Gasteiger partial charge in [0.1, 0.15) is 0 Å². The Morgan fingerprint density at radius 3 is 2.65 bits per heavy atom. The molecule has 0 spiro atoms. The van der Waals surface area contributed by atoms with Crippen LogP contribution in [0.1, 0.15) is 10.5 Å². The predicted octanol–water partition coefficient (Wildman–Crippen LogP) is 1.09. The number of nitrogens with zero attached hydrogens (tertiary/aromatic N) is 2. The second-order valence-electron chi connectivity index (χ2n) is 3.47. The molecule has 1 heterocycles. The number of aromatic nitrogens is 2. The van der Waals surface area contributed by atoms with Crippen LogP contribution in [0.4, 0.5) is 5.69 Å². The molecule has 3 N–H and O–H groups in total. The van der Waals surface area contributed by atoms with Crippen LogP contribution >= 0.6 is 0 Å². The van der Waals surface area contributed by atoms with Gasteiger partial charge in [-0.1, -0.05) is 30.3 Å². The van der Waals surface area contributed by atoms with Crippen LogP contribution < -0.4 is 11.1 Å². The lowest BCUT2D eigenvalue weighted by Crippen LogP contribution is -2.21. The second-order valence-corrected chi connectivity index (χ2v) is 3.47. The van der Waals surface area contributed by atoms with Crippen LogP contribution in [0.25, 0.3) is 11.1 Å². The molecule has 0 saturated carbocycles. The van der Waals surface area contributed by atoms with Crippen LogP contribution in [0.2, 0.25) is 0 Å². The Hall–Kier alpha value is -2.43. The molecule has 0 radical (unpaired) electrons. The number of nitrogen functional groups attached to an aromatic ring is 1. The quantitative estimate of drug-likeness (QED) is 0.806. The summed E-state index contributed by atoms with van der Waals surface area (Å²) in [5, 5.41) is 10.0. The van der Waals surface area contributed by atoms with Crippen molar-refractivity contribution in [2.75, 3.05) is 12.8 Å². The molecule has 17 heavy (non-hydrogen) atoms. The van der Waals surface area contributed by atoms with Crippen LogP contribution in [0.5, 0.6) is 0 Å². The largest absolute Gasteiger partial charge is 0.396 e. The Morgan fingerprint density at radius 1 is 1.29 bits per heavy atom. The first-order valence-electron chi connectivity index (χ1n) is 5.12. The van der Waals surface area contributed by atoms with Gasteiger partial charge in [0, 0.05) is 12.6 Å². The van der Waals surface area contributed by atoms with Gasteiger partial charge in [-0.3, -0.25) is 4.79 Å². The van der Waals surface area contributed by atoms with E-state index in [1.165, 1.54) is 7.05 Å². The number of nitrogens with one attached hydrogen (secondary N) is 1. The first-order valence-corrected chi connectivity index (χ1v) is 5.12. The number of carbonyl (C=O) groups is 1. The average molecular weight is 228 g/mol. The summed E-state index contributed by atoms with van der Waals surface area (Å²) in [6.07, 6.45) is 1.55. The van der Waals surface area contributed by atoms with Crippen LogP contribution in [-0.2, 0) is 0 Å². The van der Waals surface area contributed by atoms with Crippen molar-refractivity contribution in [3.05, 3.63) is 42.2 Å². The normalized spacial score (nSPS) is 9.94. The summed E-state index contributed by atoms with van der Waals surface area (Å²) in [5.41, 5.74) is 8.03. The molecule has 0 atom stereocenters. The molecule has 0 aliphatic carbocycles. The van der Waals surface area contributed by atoms with E-state index in [-0.39, 0.29) is 11.6 Å². The summed E-state index contributed by atoms with van der Waals surface area (Å²) >= 11 is 0. The van der Waals surface area contributed by atoms with E-state index >= 15 is 0 Å². The summed E-state index contributed by atoms with van der Waals surface area (Å²) in [5.74, 6) is -0.340. The Labute approximate surface area is 98.7 Å². The zero-order chi connectivity index (χ0) is 12.3. The van der Waals surface area contributed by atoms with Gasteiger partial charge in [0.05, 0.1) is 11.9 Å². The van der Waals surface area contributed by atoms with Gasteiger partial charge in [-0.15, -0.1) is 5.10 Å². The zero-order valence-electron chi connectivity index (χ0n) is 9.34. The lowest BCUT2D eigenvalue weighted by atomic mass is 10.1. The molecule has 5 nitrogen and oxygen atoms in total. The van der Waals surface area contributed by atoms with E-state index in [4.69, 9.17) is 5.73 Å². The molecule has 1 aromatic carbocycles. The molecular weight excluding hydrogens is 216 g/mol. The van der Waals surface area contributed by atoms with Crippen molar-refractivity contribution < 1.29 is 4.79 Å². The molecule has 86 valence electrons. The Balaban J connectivity index is 2.54. The van der Waals surface area contributed by atoms with Crippen LogP contribution in [0.3, 0.4) is 0 Å². The fourth-order valence-electron chi connectivity index (χ4n) is 1.53. The monoisotopic (exact) mass is 228 g/mol. The summed E-state index contributed by atoms with van der Waals surface area (Å²) in [6.45, 7) is 0. The summed E-state index contributed by atoms with van der Waals surface area (Å²) in [6, 6.07) is 9.51. The number of anilines is 1. The topological polar surface area (TPSA) is 80.9 Å². The molecule has 0 unspecified atom stereocenters. The summed E-state index contributed by atoms with van der Waals surface area (Å²) < 4.78 is 0. The first kappa shape index (κ1) is 11.1. The fraction of sp³-hybridized carbons (Fsp3) is 0.0833. The van der Waals surface area contributed by atoms with Crippen molar-refractivity contribution in [3.8, 4) is 11.1 Å². The lowest BCUT2D eigenvalue weighted by molar-refractivity contribution is 0.0958. The number of rotatable bonds is 2. The van der Waals surface area contributed by atoms with E-state index in [1.54, 1.807) is 6.20 Å². The highest BCUT2D eigenvalue weighted by atomic mass is 16.1. The van der Waals surface area contributed by atoms with Gasteiger partial charge in [0.25, 0.3) is 5.91 Å². The third-order valence-corrected chi connectivity index (χ3v) is 2.42. The summed E-state index contributed by atoms with van der Waals surface area (Å²) in [4.78, 5) is 11.5. The molecule has 2 rings (SSSR count). The maximum Gasteiger partial charge on any atom is 0.273 e. The highest BCUT2D eigenvalue weighted by Gasteiger charge is 2.14. The van der Waals surface area contributed by atoms with E-state index in [0.717, 1.165) is 5.56 Å².